The number of nitrogens with zero attached hydrogens (tertiary/aromatic N) is 1. The average molecular weight is 376 g/mol. The summed E-state index contributed by atoms with van der Waals surface area (Å²) in [6.45, 7) is 1.47. The number of benzene rings is 2. The van der Waals surface area contributed by atoms with Crippen molar-refractivity contribution < 1.29 is 19.1 Å². The van der Waals surface area contributed by atoms with Crippen molar-refractivity contribution in [2.24, 2.45) is 0 Å². The van der Waals surface area contributed by atoms with E-state index in [9.17, 15) is 9.59 Å². The van der Waals surface area contributed by atoms with E-state index in [1.807, 2.05) is 55.5 Å². The molecule has 1 aromatic heterocycles. The van der Waals surface area contributed by atoms with Gasteiger partial charge in [-0.3, -0.25) is 4.79 Å². The molecule has 6 nitrogen and oxygen atoms in total. The zero-order valence-electron chi connectivity index (χ0n) is 15.4. The summed E-state index contributed by atoms with van der Waals surface area (Å²) in [5.41, 5.74) is 1.11. The third kappa shape index (κ3) is 5.17. The number of esters is 1. The highest BCUT2D eigenvalue weighted by Crippen LogP contribution is 2.23. The lowest BCUT2D eigenvalue weighted by Crippen LogP contribution is -2.31. The lowest BCUT2D eigenvalue weighted by Gasteiger charge is -2.14. The van der Waals surface area contributed by atoms with Gasteiger partial charge in [0.05, 0.1) is 6.04 Å². The molecule has 1 N–H and O–H groups in total. The van der Waals surface area contributed by atoms with Crippen molar-refractivity contribution in [3.8, 4) is 11.6 Å². The van der Waals surface area contributed by atoms with Gasteiger partial charge in [-0.2, -0.15) is 0 Å². The van der Waals surface area contributed by atoms with Crippen molar-refractivity contribution in [2.75, 3.05) is 6.61 Å². The summed E-state index contributed by atoms with van der Waals surface area (Å²) in [5.74, 6) is -0.401. The van der Waals surface area contributed by atoms with Crippen molar-refractivity contribution in [3.05, 3.63) is 90.1 Å². The number of nitrogens with one attached hydrogen (secondary N) is 1. The number of carbonyl (C=O) groups excluding carboxylic acids is 2. The molecule has 2 aromatic carbocycles. The van der Waals surface area contributed by atoms with Crippen LogP contribution in [0.1, 0.15) is 28.9 Å². The van der Waals surface area contributed by atoms with E-state index in [-0.39, 0.29) is 23.4 Å². The van der Waals surface area contributed by atoms with E-state index in [1.165, 1.54) is 12.3 Å². The first-order valence-electron chi connectivity index (χ1n) is 8.83. The van der Waals surface area contributed by atoms with Crippen LogP contribution < -0.4 is 10.1 Å². The molecule has 1 atom stereocenters. The van der Waals surface area contributed by atoms with E-state index in [2.05, 4.69) is 10.3 Å². The second-order valence-corrected chi connectivity index (χ2v) is 6.05. The van der Waals surface area contributed by atoms with E-state index in [1.54, 1.807) is 18.2 Å². The zero-order valence-corrected chi connectivity index (χ0v) is 15.4. The van der Waals surface area contributed by atoms with Crippen LogP contribution >= 0.6 is 0 Å². The summed E-state index contributed by atoms with van der Waals surface area (Å²) in [6.07, 6.45) is 1.52. The summed E-state index contributed by atoms with van der Waals surface area (Å²) in [7, 11) is 0. The highest BCUT2D eigenvalue weighted by Gasteiger charge is 2.18. The number of aromatic nitrogens is 1. The minimum Gasteiger partial charge on any atom is -0.452 e. The highest BCUT2D eigenvalue weighted by atomic mass is 16.5. The fraction of sp³-hybridized carbons (Fsp3) is 0.136. The molecule has 0 aliphatic rings. The lowest BCUT2D eigenvalue weighted by atomic mass is 10.1. The molecule has 142 valence electrons. The van der Waals surface area contributed by atoms with Crippen molar-refractivity contribution in [1.29, 1.82) is 0 Å². The van der Waals surface area contributed by atoms with Gasteiger partial charge in [-0.1, -0.05) is 48.5 Å². The van der Waals surface area contributed by atoms with Crippen LogP contribution in [-0.2, 0) is 9.53 Å². The van der Waals surface area contributed by atoms with Gasteiger partial charge in [-0.25, -0.2) is 9.78 Å². The molecule has 0 aliphatic heterocycles. The van der Waals surface area contributed by atoms with Crippen LogP contribution in [0.4, 0.5) is 0 Å². The van der Waals surface area contributed by atoms with Crippen LogP contribution in [0.2, 0.25) is 0 Å². The first kappa shape index (κ1) is 19.1. The van der Waals surface area contributed by atoms with Gasteiger partial charge in [0.15, 0.2) is 6.61 Å². The molecule has 1 unspecified atom stereocenters. The second-order valence-electron chi connectivity index (χ2n) is 6.05. The predicted molar refractivity (Wildman–Crippen MR) is 104 cm³/mol. The molecule has 1 heterocycles. The Kier molecular flexibility index (Phi) is 6.36. The van der Waals surface area contributed by atoms with Crippen LogP contribution in [0.5, 0.6) is 11.6 Å². The Morgan fingerprint density at radius 1 is 0.964 bits per heavy atom. The minimum absolute atomic E-state index is 0.122. The number of amides is 1. The quantitative estimate of drug-likeness (QED) is 0.633. The smallest absolute Gasteiger partial charge is 0.344 e. The summed E-state index contributed by atoms with van der Waals surface area (Å²) in [5, 5.41) is 2.79. The molecule has 0 bridgehead atoms. The van der Waals surface area contributed by atoms with Crippen molar-refractivity contribution in [1.82, 2.24) is 10.3 Å². The lowest BCUT2D eigenvalue weighted by molar-refractivity contribution is -0.124. The van der Waals surface area contributed by atoms with Gasteiger partial charge in [0, 0.05) is 6.20 Å². The van der Waals surface area contributed by atoms with Gasteiger partial charge in [0.25, 0.3) is 5.91 Å². The largest absolute Gasteiger partial charge is 0.452 e. The van der Waals surface area contributed by atoms with Crippen LogP contribution in [0.15, 0.2) is 79.0 Å². The molecule has 0 spiro atoms. The number of rotatable bonds is 7. The molecule has 0 aliphatic carbocycles. The van der Waals surface area contributed by atoms with E-state index in [0.29, 0.717) is 5.75 Å². The predicted octanol–water partition coefficient (Wildman–Crippen LogP) is 3.91. The normalized spacial score (nSPS) is 11.3. The number of carbonyl (C=O) groups is 2. The molecule has 28 heavy (non-hydrogen) atoms. The van der Waals surface area contributed by atoms with Gasteiger partial charge in [0.1, 0.15) is 11.3 Å². The Balaban J connectivity index is 1.58. The van der Waals surface area contributed by atoms with Crippen LogP contribution in [0.3, 0.4) is 0 Å². The molecule has 1 amide bonds. The van der Waals surface area contributed by atoms with Crippen LogP contribution in [-0.4, -0.2) is 23.5 Å². The molecule has 0 fully saturated rings. The van der Waals surface area contributed by atoms with Gasteiger partial charge in [-0.15, -0.1) is 0 Å². The first-order valence-corrected chi connectivity index (χ1v) is 8.83. The maximum Gasteiger partial charge on any atom is 0.344 e. The minimum atomic E-state index is -0.679. The number of hydrogen-bond acceptors (Lipinski definition) is 5. The van der Waals surface area contributed by atoms with Crippen molar-refractivity contribution in [3.63, 3.8) is 0 Å². The Bertz CT molecular complexity index is 930. The number of para-hydroxylation sites is 1. The molecule has 3 rings (SSSR count). The third-order valence-corrected chi connectivity index (χ3v) is 3.96. The summed E-state index contributed by atoms with van der Waals surface area (Å²) in [4.78, 5) is 28.6. The fourth-order valence-corrected chi connectivity index (χ4v) is 2.54. The Labute approximate surface area is 163 Å². The SMILES string of the molecule is CC(NC(=O)COC(=O)c1cccnc1Oc1ccccc1)c1ccccc1. The molecular formula is C22H20N2O4. The first-order chi connectivity index (χ1) is 13.6. The van der Waals surface area contributed by atoms with E-state index in [0.717, 1.165) is 5.56 Å². The summed E-state index contributed by atoms with van der Waals surface area (Å²) in [6, 6.07) is 21.5. The molecule has 3 aromatic rings. The molecule has 0 saturated heterocycles. The van der Waals surface area contributed by atoms with E-state index >= 15 is 0 Å². The Hall–Kier alpha value is -3.67. The summed E-state index contributed by atoms with van der Waals surface area (Å²) < 4.78 is 10.8. The number of pyridine rings is 1. The Morgan fingerprint density at radius 2 is 1.64 bits per heavy atom. The maximum absolute atomic E-state index is 12.4. The monoisotopic (exact) mass is 376 g/mol. The number of hydrogen-bond donors (Lipinski definition) is 1. The summed E-state index contributed by atoms with van der Waals surface area (Å²) >= 11 is 0. The van der Waals surface area contributed by atoms with Crippen LogP contribution in [0.25, 0.3) is 0 Å². The van der Waals surface area contributed by atoms with E-state index < -0.39 is 12.6 Å². The standard InChI is InChI=1S/C22H20N2O4/c1-16(17-9-4-2-5-10-17)24-20(25)15-27-22(26)19-13-8-14-23-21(19)28-18-11-6-3-7-12-18/h2-14,16H,15H2,1H3,(H,24,25). The van der Waals surface area contributed by atoms with Gasteiger partial charge < -0.3 is 14.8 Å². The van der Waals surface area contributed by atoms with Crippen molar-refractivity contribution >= 4 is 11.9 Å². The molecule has 0 radical (unpaired) electrons. The van der Waals surface area contributed by atoms with Crippen molar-refractivity contribution in [2.45, 2.75) is 13.0 Å². The zero-order chi connectivity index (χ0) is 19.8. The highest BCUT2D eigenvalue weighted by molar-refractivity contribution is 5.93. The maximum atomic E-state index is 12.4. The van der Waals surface area contributed by atoms with E-state index in [4.69, 9.17) is 9.47 Å². The number of ether oxygens (including phenoxy) is 2. The Morgan fingerprint density at radius 3 is 2.36 bits per heavy atom. The third-order valence-electron chi connectivity index (χ3n) is 3.96. The van der Waals surface area contributed by atoms with Crippen LogP contribution in [0, 0.1) is 0 Å². The molecule has 0 saturated carbocycles. The topological polar surface area (TPSA) is 77.5 Å². The fourth-order valence-electron chi connectivity index (χ4n) is 2.54. The van der Waals surface area contributed by atoms with Gasteiger partial charge >= 0.3 is 5.97 Å². The second kappa shape index (κ2) is 9.32. The average Bonchev–Trinajstić information content (AvgIpc) is 2.74. The van der Waals surface area contributed by atoms with Gasteiger partial charge in [-0.05, 0) is 36.8 Å². The van der Waals surface area contributed by atoms with Gasteiger partial charge in [0.2, 0.25) is 5.88 Å². The molecular weight excluding hydrogens is 356 g/mol. The molecule has 6 heteroatoms.